The zero-order valence-corrected chi connectivity index (χ0v) is 12.6. The maximum atomic E-state index is 12.0. The highest BCUT2D eigenvalue weighted by Gasteiger charge is 2.20. The lowest BCUT2D eigenvalue weighted by Crippen LogP contribution is -2.40. The molecular formula is C15H20ClNO3. The van der Waals surface area contributed by atoms with E-state index in [-0.39, 0.29) is 12.0 Å². The second kappa shape index (κ2) is 6.95. The molecule has 1 aromatic rings. The van der Waals surface area contributed by atoms with Crippen LogP contribution in [0.1, 0.15) is 25.3 Å². The molecule has 1 fully saturated rings. The van der Waals surface area contributed by atoms with E-state index in [1.54, 1.807) is 19.1 Å². The van der Waals surface area contributed by atoms with E-state index in [1.807, 2.05) is 13.0 Å². The molecule has 1 N–H and O–H groups in total. The Labute approximate surface area is 124 Å². The van der Waals surface area contributed by atoms with Gasteiger partial charge in [0, 0.05) is 18.2 Å². The van der Waals surface area contributed by atoms with Gasteiger partial charge in [0.15, 0.2) is 6.10 Å². The number of hydrogen-bond donors (Lipinski definition) is 1. The number of benzene rings is 1. The smallest absolute Gasteiger partial charge is 0.260 e. The van der Waals surface area contributed by atoms with Crippen LogP contribution < -0.4 is 10.1 Å². The second-order valence-electron chi connectivity index (χ2n) is 5.05. The summed E-state index contributed by atoms with van der Waals surface area (Å²) in [6.45, 7) is 4.97. The lowest BCUT2D eigenvalue weighted by Gasteiger charge is -2.17. The summed E-state index contributed by atoms with van der Waals surface area (Å²) in [5.74, 6) is 0.545. The molecule has 0 radical (unpaired) electrons. The molecular weight excluding hydrogens is 278 g/mol. The summed E-state index contributed by atoms with van der Waals surface area (Å²) in [5.41, 5.74) is 0.913. The Kier molecular flexibility index (Phi) is 5.26. The average Bonchev–Trinajstić information content (AvgIpc) is 2.92. The van der Waals surface area contributed by atoms with E-state index in [1.165, 1.54) is 0 Å². The van der Waals surface area contributed by atoms with Crippen LogP contribution >= 0.6 is 11.6 Å². The van der Waals surface area contributed by atoms with Crippen molar-refractivity contribution >= 4 is 17.5 Å². The molecule has 1 aromatic carbocycles. The number of carbonyl (C=O) groups is 1. The van der Waals surface area contributed by atoms with Crippen molar-refractivity contribution in [2.24, 2.45) is 0 Å². The molecule has 4 nitrogen and oxygen atoms in total. The monoisotopic (exact) mass is 297 g/mol. The molecule has 2 unspecified atom stereocenters. The van der Waals surface area contributed by atoms with E-state index < -0.39 is 6.10 Å². The standard InChI is InChI=1S/C15H20ClNO3/c1-10-8-12(16)5-6-14(10)20-11(2)15(18)17-9-13-4-3-7-19-13/h5-6,8,11,13H,3-4,7,9H2,1-2H3,(H,17,18). The van der Waals surface area contributed by atoms with Crippen LogP contribution in [0, 0.1) is 6.92 Å². The van der Waals surface area contributed by atoms with Gasteiger partial charge in [0.2, 0.25) is 0 Å². The summed E-state index contributed by atoms with van der Waals surface area (Å²) in [4.78, 5) is 12.0. The van der Waals surface area contributed by atoms with Gasteiger partial charge >= 0.3 is 0 Å². The second-order valence-corrected chi connectivity index (χ2v) is 5.49. The molecule has 1 amide bonds. The van der Waals surface area contributed by atoms with Gasteiger partial charge in [-0.25, -0.2) is 0 Å². The first-order chi connectivity index (χ1) is 9.56. The van der Waals surface area contributed by atoms with Crippen molar-refractivity contribution in [2.75, 3.05) is 13.2 Å². The van der Waals surface area contributed by atoms with Gasteiger partial charge in [-0.15, -0.1) is 0 Å². The van der Waals surface area contributed by atoms with E-state index >= 15 is 0 Å². The molecule has 110 valence electrons. The first-order valence-electron chi connectivity index (χ1n) is 6.88. The molecule has 0 spiro atoms. The minimum atomic E-state index is -0.545. The number of amides is 1. The Balaban J connectivity index is 1.83. The van der Waals surface area contributed by atoms with Crippen LogP contribution in [0.4, 0.5) is 0 Å². The van der Waals surface area contributed by atoms with Crippen LogP contribution in [-0.2, 0) is 9.53 Å². The van der Waals surface area contributed by atoms with Gasteiger partial charge in [-0.3, -0.25) is 4.79 Å². The normalized spacial score (nSPS) is 19.6. The first kappa shape index (κ1) is 15.1. The molecule has 1 saturated heterocycles. The summed E-state index contributed by atoms with van der Waals surface area (Å²) in [5, 5.41) is 3.52. The fourth-order valence-corrected chi connectivity index (χ4v) is 2.38. The van der Waals surface area contributed by atoms with Gasteiger partial charge in [0.25, 0.3) is 5.91 Å². The van der Waals surface area contributed by atoms with Crippen molar-refractivity contribution in [3.63, 3.8) is 0 Å². The third kappa shape index (κ3) is 4.12. The number of aryl methyl sites for hydroxylation is 1. The Hall–Kier alpha value is -1.26. The predicted octanol–water partition coefficient (Wildman–Crippen LogP) is 2.71. The molecule has 0 saturated carbocycles. The van der Waals surface area contributed by atoms with Gasteiger partial charge in [-0.2, -0.15) is 0 Å². The van der Waals surface area contributed by atoms with E-state index in [9.17, 15) is 4.79 Å². The summed E-state index contributed by atoms with van der Waals surface area (Å²) in [6, 6.07) is 5.34. The van der Waals surface area contributed by atoms with E-state index in [4.69, 9.17) is 21.1 Å². The fraction of sp³-hybridized carbons (Fsp3) is 0.533. The Morgan fingerprint density at radius 3 is 3.05 bits per heavy atom. The molecule has 2 rings (SSSR count). The van der Waals surface area contributed by atoms with Crippen molar-refractivity contribution in [3.8, 4) is 5.75 Å². The molecule has 1 aliphatic rings. The van der Waals surface area contributed by atoms with Crippen molar-refractivity contribution < 1.29 is 14.3 Å². The van der Waals surface area contributed by atoms with Crippen LogP contribution in [-0.4, -0.2) is 31.3 Å². The highest BCUT2D eigenvalue weighted by Crippen LogP contribution is 2.22. The van der Waals surface area contributed by atoms with Crippen molar-refractivity contribution in [1.29, 1.82) is 0 Å². The summed E-state index contributed by atoms with van der Waals surface area (Å²) in [6.07, 6.45) is 1.67. The Bertz CT molecular complexity index is 472. The van der Waals surface area contributed by atoms with Crippen LogP contribution in [0.15, 0.2) is 18.2 Å². The number of nitrogens with one attached hydrogen (secondary N) is 1. The van der Waals surface area contributed by atoms with Crippen molar-refractivity contribution in [2.45, 2.75) is 38.9 Å². The van der Waals surface area contributed by atoms with E-state index in [0.717, 1.165) is 25.0 Å². The van der Waals surface area contributed by atoms with Gasteiger partial charge in [-0.05, 0) is 50.5 Å². The maximum Gasteiger partial charge on any atom is 0.260 e. The molecule has 2 atom stereocenters. The lowest BCUT2D eigenvalue weighted by atomic mass is 10.2. The van der Waals surface area contributed by atoms with Crippen LogP contribution in [0.25, 0.3) is 0 Å². The topological polar surface area (TPSA) is 47.6 Å². The fourth-order valence-electron chi connectivity index (χ4n) is 2.15. The lowest BCUT2D eigenvalue weighted by molar-refractivity contribution is -0.127. The number of ether oxygens (including phenoxy) is 2. The minimum absolute atomic E-state index is 0.130. The first-order valence-corrected chi connectivity index (χ1v) is 7.26. The molecule has 1 aliphatic heterocycles. The molecule has 0 bridgehead atoms. The van der Waals surface area contributed by atoms with Gasteiger partial charge < -0.3 is 14.8 Å². The summed E-state index contributed by atoms with van der Waals surface area (Å²) in [7, 11) is 0. The summed E-state index contributed by atoms with van der Waals surface area (Å²) < 4.78 is 11.1. The predicted molar refractivity (Wildman–Crippen MR) is 78.3 cm³/mol. The molecule has 1 heterocycles. The summed E-state index contributed by atoms with van der Waals surface area (Å²) >= 11 is 5.89. The minimum Gasteiger partial charge on any atom is -0.481 e. The highest BCUT2D eigenvalue weighted by atomic mass is 35.5. The maximum absolute atomic E-state index is 12.0. The average molecular weight is 298 g/mol. The SMILES string of the molecule is Cc1cc(Cl)ccc1OC(C)C(=O)NCC1CCCO1. The Morgan fingerprint density at radius 1 is 1.60 bits per heavy atom. The third-order valence-corrected chi connectivity index (χ3v) is 3.57. The highest BCUT2D eigenvalue weighted by molar-refractivity contribution is 6.30. The van der Waals surface area contributed by atoms with Crippen LogP contribution in [0.2, 0.25) is 5.02 Å². The zero-order valence-electron chi connectivity index (χ0n) is 11.8. The van der Waals surface area contributed by atoms with E-state index in [0.29, 0.717) is 17.3 Å². The van der Waals surface area contributed by atoms with Crippen LogP contribution in [0.5, 0.6) is 5.75 Å². The quantitative estimate of drug-likeness (QED) is 0.909. The van der Waals surface area contributed by atoms with Crippen LogP contribution in [0.3, 0.4) is 0 Å². The van der Waals surface area contributed by atoms with Gasteiger partial charge in [0.1, 0.15) is 5.75 Å². The zero-order chi connectivity index (χ0) is 14.5. The number of hydrogen-bond acceptors (Lipinski definition) is 3. The number of rotatable bonds is 5. The van der Waals surface area contributed by atoms with Crippen molar-refractivity contribution in [1.82, 2.24) is 5.32 Å². The third-order valence-electron chi connectivity index (χ3n) is 3.34. The molecule has 20 heavy (non-hydrogen) atoms. The number of halogens is 1. The largest absolute Gasteiger partial charge is 0.481 e. The van der Waals surface area contributed by atoms with Gasteiger partial charge in [0.05, 0.1) is 6.10 Å². The Morgan fingerprint density at radius 2 is 2.40 bits per heavy atom. The van der Waals surface area contributed by atoms with Crippen molar-refractivity contribution in [3.05, 3.63) is 28.8 Å². The van der Waals surface area contributed by atoms with E-state index in [2.05, 4.69) is 5.32 Å². The molecule has 0 aliphatic carbocycles. The number of carbonyl (C=O) groups excluding carboxylic acids is 1. The molecule has 0 aromatic heterocycles. The van der Waals surface area contributed by atoms with Gasteiger partial charge in [-0.1, -0.05) is 11.6 Å². The molecule has 5 heteroatoms.